The molecule has 3 aliphatic rings. The van der Waals surface area contributed by atoms with Crippen LogP contribution in [0.5, 0.6) is 0 Å². The fraction of sp³-hybridized carbons (Fsp3) is 0.929. The first kappa shape index (κ1) is 27.4. The molecule has 2 amide bonds. The number of rotatable bonds is 10. The number of amides is 2. The fourth-order valence-corrected chi connectivity index (χ4v) is 6.76. The van der Waals surface area contributed by atoms with Gasteiger partial charge in [-0.05, 0) is 104 Å². The minimum atomic E-state index is 0.205. The summed E-state index contributed by atoms with van der Waals surface area (Å²) in [5, 5.41) is 0. The maximum atomic E-state index is 12.8. The molecular weight excluding hydrogens is 424 g/mol. The van der Waals surface area contributed by atoms with Gasteiger partial charge in [-0.2, -0.15) is 0 Å². The minimum Gasteiger partial charge on any atom is -0.343 e. The molecule has 6 nitrogen and oxygen atoms in total. The van der Waals surface area contributed by atoms with Crippen LogP contribution in [0.1, 0.15) is 79.1 Å². The van der Waals surface area contributed by atoms with Crippen LogP contribution in [-0.2, 0) is 9.59 Å². The Morgan fingerprint density at radius 3 is 1.29 bits per heavy atom. The number of hydrogen-bond acceptors (Lipinski definition) is 4. The lowest BCUT2D eigenvalue weighted by Gasteiger charge is -2.40. The monoisotopic (exact) mass is 476 g/mol. The van der Waals surface area contributed by atoms with Crippen molar-refractivity contribution in [1.82, 2.24) is 19.6 Å². The van der Waals surface area contributed by atoms with Gasteiger partial charge in [-0.15, -0.1) is 0 Å². The van der Waals surface area contributed by atoms with Gasteiger partial charge in [0.05, 0.1) is 11.8 Å². The highest BCUT2D eigenvalue weighted by molar-refractivity contribution is 5.79. The highest BCUT2D eigenvalue weighted by atomic mass is 16.2. The van der Waals surface area contributed by atoms with Crippen LogP contribution in [-0.4, -0.2) is 96.9 Å². The molecule has 2 saturated heterocycles. The third kappa shape index (κ3) is 7.43. The third-order valence-corrected chi connectivity index (χ3v) is 8.86. The molecule has 0 radical (unpaired) electrons. The second-order valence-corrected chi connectivity index (χ2v) is 11.1. The molecule has 196 valence electrons. The molecule has 3 fully saturated rings. The Morgan fingerprint density at radius 1 is 0.618 bits per heavy atom. The molecule has 0 bridgehead atoms. The predicted octanol–water partition coefficient (Wildman–Crippen LogP) is 3.95. The minimum absolute atomic E-state index is 0.205. The number of likely N-dealkylation sites (tertiary alicyclic amines) is 2. The molecule has 6 heteroatoms. The molecular formula is C28H52N4O2. The van der Waals surface area contributed by atoms with Crippen LogP contribution in [0.25, 0.3) is 0 Å². The summed E-state index contributed by atoms with van der Waals surface area (Å²) in [7, 11) is 0. The number of hydrogen-bond donors (Lipinski definition) is 0. The van der Waals surface area contributed by atoms with E-state index < -0.39 is 0 Å². The van der Waals surface area contributed by atoms with E-state index in [0.29, 0.717) is 11.8 Å². The lowest BCUT2D eigenvalue weighted by molar-refractivity contribution is -0.137. The topological polar surface area (TPSA) is 47.1 Å². The van der Waals surface area contributed by atoms with Gasteiger partial charge in [0.25, 0.3) is 0 Å². The van der Waals surface area contributed by atoms with Crippen molar-refractivity contribution < 1.29 is 9.59 Å². The van der Waals surface area contributed by atoms with Crippen molar-refractivity contribution in [3.8, 4) is 0 Å². The molecule has 0 aromatic heterocycles. The maximum absolute atomic E-state index is 12.8. The molecule has 2 aliphatic heterocycles. The Balaban J connectivity index is 1.40. The van der Waals surface area contributed by atoms with Crippen LogP contribution in [0, 0.1) is 23.7 Å². The van der Waals surface area contributed by atoms with Gasteiger partial charge in [0.2, 0.25) is 11.8 Å². The Bertz CT molecular complexity index is 572. The smallest absolute Gasteiger partial charge is 0.226 e. The van der Waals surface area contributed by atoms with E-state index in [1.54, 1.807) is 0 Å². The molecule has 2 unspecified atom stereocenters. The van der Waals surface area contributed by atoms with E-state index in [2.05, 4.69) is 37.5 Å². The van der Waals surface area contributed by atoms with Gasteiger partial charge < -0.3 is 19.6 Å². The Kier molecular flexibility index (Phi) is 11.2. The second kappa shape index (κ2) is 13.8. The summed E-state index contributed by atoms with van der Waals surface area (Å²) >= 11 is 0. The highest BCUT2D eigenvalue weighted by Gasteiger charge is 2.32. The van der Waals surface area contributed by atoms with Crippen LogP contribution in [0.15, 0.2) is 0 Å². The van der Waals surface area contributed by atoms with E-state index in [4.69, 9.17) is 0 Å². The fourth-order valence-electron chi connectivity index (χ4n) is 6.76. The molecule has 0 aromatic carbocycles. The van der Waals surface area contributed by atoms with Crippen LogP contribution < -0.4 is 0 Å². The van der Waals surface area contributed by atoms with Gasteiger partial charge in [0, 0.05) is 52.4 Å². The molecule has 1 saturated carbocycles. The van der Waals surface area contributed by atoms with Crippen molar-refractivity contribution in [1.29, 1.82) is 0 Å². The highest BCUT2D eigenvalue weighted by Crippen LogP contribution is 2.32. The van der Waals surface area contributed by atoms with Crippen molar-refractivity contribution in [3.05, 3.63) is 0 Å². The van der Waals surface area contributed by atoms with Gasteiger partial charge in [0.1, 0.15) is 0 Å². The van der Waals surface area contributed by atoms with Gasteiger partial charge in [-0.25, -0.2) is 0 Å². The summed E-state index contributed by atoms with van der Waals surface area (Å²) in [5.74, 6) is 2.73. The summed E-state index contributed by atoms with van der Waals surface area (Å²) in [5.41, 5.74) is 0. The molecule has 2 heterocycles. The van der Waals surface area contributed by atoms with Crippen LogP contribution in [0.2, 0.25) is 0 Å². The lowest BCUT2D eigenvalue weighted by atomic mass is 9.80. The first-order chi connectivity index (χ1) is 16.5. The van der Waals surface area contributed by atoms with Gasteiger partial charge >= 0.3 is 0 Å². The first-order valence-electron chi connectivity index (χ1n) is 14.5. The summed E-state index contributed by atoms with van der Waals surface area (Å²) in [6.07, 6.45) is 9.75. The lowest BCUT2D eigenvalue weighted by Crippen LogP contribution is -2.47. The first-order valence-corrected chi connectivity index (χ1v) is 14.5. The normalized spacial score (nSPS) is 29.1. The summed E-state index contributed by atoms with van der Waals surface area (Å²) in [6, 6.07) is 0. The van der Waals surface area contributed by atoms with E-state index in [1.807, 2.05) is 9.80 Å². The van der Waals surface area contributed by atoms with Crippen LogP contribution >= 0.6 is 0 Å². The van der Waals surface area contributed by atoms with Crippen molar-refractivity contribution in [2.45, 2.75) is 79.1 Å². The zero-order chi connectivity index (χ0) is 24.5. The number of carbonyl (C=O) groups is 2. The average molecular weight is 477 g/mol. The van der Waals surface area contributed by atoms with Crippen molar-refractivity contribution in [2.24, 2.45) is 23.7 Å². The molecule has 34 heavy (non-hydrogen) atoms. The van der Waals surface area contributed by atoms with Crippen LogP contribution in [0.4, 0.5) is 0 Å². The Labute approximate surface area is 209 Å². The number of piperidine rings is 2. The van der Waals surface area contributed by atoms with E-state index in [9.17, 15) is 9.59 Å². The van der Waals surface area contributed by atoms with E-state index >= 15 is 0 Å². The van der Waals surface area contributed by atoms with E-state index in [1.165, 1.54) is 38.8 Å². The summed E-state index contributed by atoms with van der Waals surface area (Å²) in [6.45, 7) is 18.3. The van der Waals surface area contributed by atoms with Crippen LogP contribution in [0.3, 0.4) is 0 Å². The molecule has 2 atom stereocenters. The van der Waals surface area contributed by atoms with E-state index in [-0.39, 0.29) is 11.8 Å². The standard InChI is InChI=1S/C28H52N4O2/c1-5-31(6-2)27(33)25-11-9-17-29(21-25)19-23-13-15-24(16-14-23)20-30-18-10-12-26(22-30)28(34)32(7-3)8-4/h23-26H,5-22H2,1-4H3. The largest absolute Gasteiger partial charge is 0.343 e. The van der Waals surface area contributed by atoms with Crippen molar-refractivity contribution >= 4 is 11.8 Å². The van der Waals surface area contributed by atoms with Crippen molar-refractivity contribution in [2.75, 3.05) is 65.4 Å². The zero-order valence-electron chi connectivity index (χ0n) is 22.6. The average Bonchev–Trinajstić information content (AvgIpc) is 2.87. The molecule has 0 N–H and O–H groups in total. The predicted molar refractivity (Wildman–Crippen MR) is 140 cm³/mol. The van der Waals surface area contributed by atoms with Gasteiger partial charge in [-0.3, -0.25) is 9.59 Å². The van der Waals surface area contributed by atoms with Gasteiger partial charge in [0.15, 0.2) is 0 Å². The quantitative estimate of drug-likeness (QED) is 0.479. The maximum Gasteiger partial charge on any atom is 0.226 e. The number of carbonyl (C=O) groups excluding carboxylic acids is 2. The summed E-state index contributed by atoms with van der Waals surface area (Å²) in [4.78, 5) is 34.9. The second-order valence-electron chi connectivity index (χ2n) is 11.1. The van der Waals surface area contributed by atoms with E-state index in [0.717, 1.165) is 89.9 Å². The van der Waals surface area contributed by atoms with Crippen molar-refractivity contribution in [3.63, 3.8) is 0 Å². The van der Waals surface area contributed by atoms with Gasteiger partial charge in [-0.1, -0.05) is 0 Å². The Morgan fingerprint density at radius 2 is 0.971 bits per heavy atom. The third-order valence-electron chi connectivity index (χ3n) is 8.86. The SMILES string of the molecule is CCN(CC)C(=O)C1CCCN(CC2CCC(CN3CCCC(C(=O)N(CC)CC)C3)CC2)C1. The molecule has 0 spiro atoms. The molecule has 3 rings (SSSR count). The molecule has 0 aromatic rings. The zero-order valence-corrected chi connectivity index (χ0v) is 22.6. The summed E-state index contributed by atoms with van der Waals surface area (Å²) < 4.78 is 0. The Hall–Kier alpha value is -1.14. The number of nitrogens with zero attached hydrogens (tertiary/aromatic N) is 4. The molecule has 1 aliphatic carbocycles.